The van der Waals surface area contributed by atoms with Gasteiger partial charge < -0.3 is 16.0 Å². The van der Waals surface area contributed by atoms with Crippen LogP contribution in [0, 0.1) is 5.92 Å². The topological polar surface area (TPSA) is 75.4 Å². The highest BCUT2D eigenvalue weighted by molar-refractivity contribution is 6.30. The third-order valence-corrected chi connectivity index (χ3v) is 3.92. The molecule has 1 aromatic rings. The maximum atomic E-state index is 12.1. The molecule has 0 radical (unpaired) electrons. The Labute approximate surface area is 129 Å². The average molecular weight is 310 g/mol. The molecule has 0 saturated carbocycles. The van der Waals surface area contributed by atoms with Gasteiger partial charge in [-0.05, 0) is 37.0 Å². The molecule has 1 saturated heterocycles. The van der Waals surface area contributed by atoms with E-state index < -0.39 is 0 Å². The molecule has 1 heterocycles. The molecular weight excluding hydrogens is 290 g/mol. The Hall–Kier alpha value is -1.75. The number of hydrogen-bond donors (Lipinski definition) is 2. The number of piperidine rings is 1. The fourth-order valence-electron chi connectivity index (χ4n) is 2.51. The molecule has 0 aliphatic carbocycles. The number of halogens is 1. The molecule has 1 aromatic carbocycles. The zero-order valence-corrected chi connectivity index (χ0v) is 12.6. The fourth-order valence-corrected chi connectivity index (χ4v) is 2.72. The van der Waals surface area contributed by atoms with Crippen molar-refractivity contribution in [3.8, 4) is 0 Å². The van der Waals surface area contributed by atoms with Crippen molar-refractivity contribution in [1.82, 2.24) is 10.2 Å². The lowest BCUT2D eigenvalue weighted by molar-refractivity contribution is -0.123. The van der Waals surface area contributed by atoms with Gasteiger partial charge in [-0.3, -0.25) is 4.79 Å². The zero-order chi connectivity index (χ0) is 15.2. The van der Waals surface area contributed by atoms with E-state index in [1.807, 2.05) is 24.3 Å². The van der Waals surface area contributed by atoms with Crippen LogP contribution in [-0.2, 0) is 11.2 Å². The van der Waals surface area contributed by atoms with Gasteiger partial charge in [0.25, 0.3) is 0 Å². The summed E-state index contributed by atoms with van der Waals surface area (Å²) in [4.78, 5) is 24.9. The predicted octanol–water partition coefficient (Wildman–Crippen LogP) is 1.79. The zero-order valence-electron chi connectivity index (χ0n) is 11.8. The first-order valence-electron chi connectivity index (χ1n) is 7.13. The summed E-state index contributed by atoms with van der Waals surface area (Å²) < 4.78 is 0. The van der Waals surface area contributed by atoms with Gasteiger partial charge in [0.15, 0.2) is 0 Å². The highest BCUT2D eigenvalue weighted by atomic mass is 35.5. The third kappa shape index (κ3) is 4.63. The molecule has 0 unspecified atom stereocenters. The average Bonchev–Trinajstić information content (AvgIpc) is 2.47. The van der Waals surface area contributed by atoms with Crippen LogP contribution in [0.3, 0.4) is 0 Å². The minimum absolute atomic E-state index is 0.136. The number of carbonyl (C=O) groups excluding carboxylic acids is 2. The number of likely N-dealkylation sites (tertiary alicyclic amines) is 1. The highest BCUT2D eigenvalue weighted by Gasteiger charge is 2.26. The van der Waals surface area contributed by atoms with Crippen molar-refractivity contribution in [2.75, 3.05) is 19.6 Å². The van der Waals surface area contributed by atoms with E-state index in [-0.39, 0.29) is 17.9 Å². The maximum absolute atomic E-state index is 12.1. The Balaban J connectivity index is 1.78. The van der Waals surface area contributed by atoms with E-state index in [2.05, 4.69) is 5.32 Å². The lowest BCUT2D eigenvalue weighted by Gasteiger charge is -2.31. The molecule has 114 valence electrons. The van der Waals surface area contributed by atoms with Crippen LogP contribution in [-0.4, -0.2) is 36.5 Å². The van der Waals surface area contributed by atoms with Gasteiger partial charge in [0.2, 0.25) is 5.91 Å². The molecule has 21 heavy (non-hydrogen) atoms. The Morgan fingerprint density at radius 3 is 2.95 bits per heavy atom. The van der Waals surface area contributed by atoms with Crippen molar-refractivity contribution >= 4 is 23.5 Å². The summed E-state index contributed by atoms with van der Waals surface area (Å²) in [5.41, 5.74) is 6.39. The summed E-state index contributed by atoms with van der Waals surface area (Å²) in [6.45, 7) is 1.63. The van der Waals surface area contributed by atoms with E-state index in [1.165, 1.54) is 0 Å². The number of amides is 3. The first-order chi connectivity index (χ1) is 10.1. The molecular formula is C15H20ClN3O2. The number of hydrogen-bond acceptors (Lipinski definition) is 2. The van der Waals surface area contributed by atoms with E-state index >= 15 is 0 Å². The Kier molecular flexibility index (Phi) is 5.44. The van der Waals surface area contributed by atoms with E-state index in [0.29, 0.717) is 24.7 Å². The van der Waals surface area contributed by atoms with Crippen LogP contribution in [0.5, 0.6) is 0 Å². The second kappa shape index (κ2) is 7.31. The third-order valence-electron chi connectivity index (χ3n) is 3.69. The highest BCUT2D eigenvalue weighted by Crippen LogP contribution is 2.16. The van der Waals surface area contributed by atoms with Gasteiger partial charge >= 0.3 is 6.03 Å². The standard InChI is InChI=1S/C15H20ClN3O2/c16-13-5-1-3-11(9-13)6-7-18-15(21)19-8-2-4-12(10-19)14(17)20/h1,3,5,9,12H,2,4,6-8,10H2,(H2,17,20)(H,18,21)/t12-/m1/s1. The lowest BCUT2D eigenvalue weighted by Crippen LogP contribution is -2.48. The van der Waals surface area contributed by atoms with Crippen molar-refractivity contribution < 1.29 is 9.59 Å². The summed E-state index contributed by atoms with van der Waals surface area (Å²) in [6.07, 6.45) is 2.30. The Bertz CT molecular complexity index is 521. The van der Waals surface area contributed by atoms with Gasteiger partial charge in [0.1, 0.15) is 0 Å². The second-order valence-corrected chi connectivity index (χ2v) is 5.74. The molecule has 6 heteroatoms. The largest absolute Gasteiger partial charge is 0.369 e. The molecule has 5 nitrogen and oxygen atoms in total. The SMILES string of the molecule is NC(=O)[C@@H]1CCCN(C(=O)NCCc2cccc(Cl)c2)C1. The number of nitrogens with two attached hydrogens (primary N) is 1. The Morgan fingerprint density at radius 1 is 1.43 bits per heavy atom. The molecule has 3 amide bonds. The number of rotatable bonds is 4. The molecule has 2 rings (SSSR count). The number of carbonyl (C=O) groups is 2. The van der Waals surface area contributed by atoms with Gasteiger partial charge in [-0.2, -0.15) is 0 Å². The van der Waals surface area contributed by atoms with Gasteiger partial charge in [-0.15, -0.1) is 0 Å². The van der Waals surface area contributed by atoms with E-state index in [9.17, 15) is 9.59 Å². The van der Waals surface area contributed by atoms with Crippen LogP contribution in [0.25, 0.3) is 0 Å². The van der Waals surface area contributed by atoms with Crippen LogP contribution in [0.2, 0.25) is 5.02 Å². The minimum Gasteiger partial charge on any atom is -0.369 e. The molecule has 1 aliphatic rings. The van der Waals surface area contributed by atoms with Crippen molar-refractivity contribution in [1.29, 1.82) is 0 Å². The summed E-state index contributed by atoms with van der Waals surface area (Å²) in [5.74, 6) is -0.552. The molecule has 1 fully saturated rings. The van der Waals surface area contributed by atoms with E-state index in [1.54, 1.807) is 4.90 Å². The maximum Gasteiger partial charge on any atom is 0.317 e. The van der Waals surface area contributed by atoms with Crippen LogP contribution in [0.15, 0.2) is 24.3 Å². The minimum atomic E-state index is -0.327. The molecule has 1 aliphatic heterocycles. The van der Waals surface area contributed by atoms with Crippen molar-refractivity contribution in [2.24, 2.45) is 11.7 Å². The predicted molar refractivity (Wildman–Crippen MR) is 82.0 cm³/mol. The van der Waals surface area contributed by atoms with Crippen molar-refractivity contribution in [3.63, 3.8) is 0 Å². The quantitative estimate of drug-likeness (QED) is 0.889. The molecule has 1 atom stereocenters. The smallest absolute Gasteiger partial charge is 0.317 e. The summed E-state index contributed by atoms with van der Waals surface area (Å²) in [7, 11) is 0. The fraction of sp³-hybridized carbons (Fsp3) is 0.467. The first kappa shape index (κ1) is 15.6. The molecule has 0 spiro atoms. The number of urea groups is 1. The first-order valence-corrected chi connectivity index (χ1v) is 7.50. The van der Waals surface area contributed by atoms with Crippen LogP contribution in [0.1, 0.15) is 18.4 Å². The second-order valence-electron chi connectivity index (χ2n) is 5.30. The number of benzene rings is 1. The monoisotopic (exact) mass is 309 g/mol. The van der Waals surface area contributed by atoms with Gasteiger partial charge in [0.05, 0.1) is 5.92 Å². The normalized spacial score (nSPS) is 18.3. The van der Waals surface area contributed by atoms with Gasteiger partial charge in [-0.1, -0.05) is 23.7 Å². The van der Waals surface area contributed by atoms with Crippen LogP contribution >= 0.6 is 11.6 Å². The van der Waals surface area contributed by atoms with Gasteiger partial charge in [-0.25, -0.2) is 4.79 Å². The van der Waals surface area contributed by atoms with Crippen LogP contribution in [0.4, 0.5) is 4.79 Å². The van der Waals surface area contributed by atoms with Crippen molar-refractivity contribution in [3.05, 3.63) is 34.9 Å². The van der Waals surface area contributed by atoms with E-state index in [0.717, 1.165) is 24.8 Å². The molecule has 3 N–H and O–H groups in total. The number of nitrogens with one attached hydrogen (secondary N) is 1. The summed E-state index contributed by atoms with van der Waals surface area (Å²) in [6, 6.07) is 7.44. The van der Waals surface area contributed by atoms with E-state index in [4.69, 9.17) is 17.3 Å². The van der Waals surface area contributed by atoms with Crippen molar-refractivity contribution in [2.45, 2.75) is 19.3 Å². The molecule has 0 aromatic heterocycles. The molecule has 0 bridgehead atoms. The van der Waals surface area contributed by atoms with Gasteiger partial charge in [0, 0.05) is 24.7 Å². The summed E-state index contributed by atoms with van der Waals surface area (Å²) >= 11 is 5.91. The number of nitrogens with zero attached hydrogens (tertiary/aromatic N) is 1. The number of primary amides is 1. The van der Waals surface area contributed by atoms with Crippen LogP contribution < -0.4 is 11.1 Å². The Morgan fingerprint density at radius 2 is 2.24 bits per heavy atom. The summed E-state index contributed by atoms with van der Waals surface area (Å²) in [5, 5.41) is 3.57. The lowest BCUT2D eigenvalue weighted by atomic mass is 9.98.